The number of nitrogens with zero attached hydrogens (tertiary/aromatic N) is 1. The number of anilines is 1. The molecule has 0 aliphatic heterocycles. The van der Waals surface area contributed by atoms with Crippen LogP contribution in [0.4, 0.5) is 11.4 Å². The summed E-state index contributed by atoms with van der Waals surface area (Å²) in [6.07, 6.45) is 1.90. The van der Waals surface area contributed by atoms with Crippen molar-refractivity contribution in [2.45, 2.75) is 23.5 Å². The first-order valence-corrected chi connectivity index (χ1v) is 9.11. The molecule has 21 heavy (non-hydrogen) atoms. The maximum atomic E-state index is 12.1. The lowest BCUT2D eigenvalue weighted by Crippen LogP contribution is -2.28. The van der Waals surface area contributed by atoms with Gasteiger partial charge in [-0.25, -0.2) is 13.1 Å². The second kappa shape index (κ2) is 6.96. The number of nitrogens with one attached hydrogen (secondary N) is 1. The number of nitro benzene ring substituents is 1. The third-order valence-electron chi connectivity index (χ3n) is 2.88. The highest BCUT2D eigenvalue weighted by molar-refractivity contribution is 7.89. The maximum absolute atomic E-state index is 12.1. The van der Waals surface area contributed by atoms with Crippen molar-refractivity contribution in [2.24, 2.45) is 0 Å². The molecule has 0 amide bonds. The van der Waals surface area contributed by atoms with E-state index < -0.39 is 36.3 Å². The second-order valence-electron chi connectivity index (χ2n) is 4.48. The Morgan fingerprint density at radius 3 is 2.62 bits per heavy atom. The van der Waals surface area contributed by atoms with E-state index in [4.69, 9.17) is 5.73 Å². The first-order chi connectivity index (χ1) is 9.65. The largest absolute Gasteiger partial charge is 0.399 e. The highest BCUT2D eigenvalue weighted by atomic mass is 32.2. The molecule has 2 unspecified atom stereocenters. The van der Waals surface area contributed by atoms with E-state index in [1.54, 1.807) is 6.92 Å². The van der Waals surface area contributed by atoms with Crippen LogP contribution < -0.4 is 10.5 Å². The Morgan fingerprint density at radius 2 is 2.10 bits per heavy atom. The van der Waals surface area contributed by atoms with Crippen molar-refractivity contribution in [3.63, 3.8) is 0 Å². The molecule has 0 saturated carbocycles. The molecule has 10 heteroatoms. The van der Waals surface area contributed by atoms with Gasteiger partial charge in [0.25, 0.3) is 5.69 Å². The van der Waals surface area contributed by atoms with E-state index in [2.05, 4.69) is 4.72 Å². The van der Waals surface area contributed by atoms with Crippen LogP contribution in [-0.2, 0) is 20.8 Å². The molecule has 118 valence electrons. The Bertz CT molecular complexity index is 660. The van der Waals surface area contributed by atoms with Gasteiger partial charge in [0, 0.05) is 40.6 Å². The normalized spacial score (nSPS) is 14.6. The van der Waals surface area contributed by atoms with Gasteiger partial charge in [0.15, 0.2) is 4.90 Å². The van der Waals surface area contributed by atoms with Crippen LogP contribution in [0, 0.1) is 10.1 Å². The lowest BCUT2D eigenvalue weighted by molar-refractivity contribution is -0.387. The average Bonchev–Trinajstić information content (AvgIpc) is 2.37. The summed E-state index contributed by atoms with van der Waals surface area (Å²) in [5, 5.41) is 10.7. The van der Waals surface area contributed by atoms with Crippen molar-refractivity contribution in [1.29, 1.82) is 0 Å². The van der Waals surface area contributed by atoms with Gasteiger partial charge in [-0.3, -0.25) is 14.3 Å². The van der Waals surface area contributed by atoms with Crippen molar-refractivity contribution >= 4 is 32.2 Å². The summed E-state index contributed by atoms with van der Waals surface area (Å²) in [6, 6.07) is 3.38. The summed E-state index contributed by atoms with van der Waals surface area (Å²) in [5.74, 6) is 0. The number of nitrogen functional groups attached to an aromatic ring is 1. The molecule has 3 N–H and O–H groups in total. The first kappa shape index (κ1) is 17.5. The van der Waals surface area contributed by atoms with E-state index in [9.17, 15) is 22.7 Å². The molecule has 0 aliphatic carbocycles. The van der Waals surface area contributed by atoms with E-state index >= 15 is 0 Å². The number of benzene rings is 1. The van der Waals surface area contributed by atoms with Crippen LogP contribution in [0.3, 0.4) is 0 Å². The average molecular weight is 335 g/mol. The Morgan fingerprint density at radius 1 is 1.48 bits per heavy atom. The molecule has 0 radical (unpaired) electrons. The quantitative estimate of drug-likeness (QED) is 0.426. The Labute approximate surface area is 125 Å². The summed E-state index contributed by atoms with van der Waals surface area (Å²) < 4.78 is 37.6. The lowest BCUT2D eigenvalue weighted by Gasteiger charge is -2.10. The van der Waals surface area contributed by atoms with E-state index in [-0.39, 0.29) is 17.5 Å². The SMILES string of the molecule is CC(CCNS(=O)(=O)c1ccc(N)cc1[N+](=O)[O-])S(C)=O. The molecule has 0 aliphatic rings. The van der Waals surface area contributed by atoms with Crippen molar-refractivity contribution in [2.75, 3.05) is 18.5 Å². The van der Waals surface area contributed by atoms with Crippen LogP contribution in [-0.4, -0.2) is 35.6 Å². The van der Waals surface area contributed by atoms with Crippen molar-refractivity contribution in [3.05, 3.63) is 28.3 Å². The third-order valence-corrected chi connectivity index (χ3v) is 5.76. The Kier molecular flexibility index (Phi) is 5.81. The summed E-state index contributed by atoms with van der Waals surface area (Å²) in [4.78, 5) is 9.67. The molecule has 0 bridgehead atoms. The molecule has 0 heterocycles. The molecule has 1 rings (SSSR count). The topological polar surface area (TPSA) is 132 Å². The number of nitrogens with two attached hydrogens (primary N) is 1. The van der Waals surface area contributed by atoms with Gasteiger partial charge in [0.1, 0.15) is 0 Å². The zero-order valence-corrected chi connectivity index (χ0v) is 13.2. The molecule has 0 aromatic heterocycles. The van der Waals surface area contributed by atoms with E-state index in [1.807, 2.05) is 0 Å². The molecular formula is C11H17N3O5S2. The van der Waals surface area contributed by atoms with Gasteiger partial charge in [0.05, 0.1) is 4.92 Å². The number of hydrogen-bond acceptors (Lipinski definition) is 6. The fourth-order valence-corrected chi connectivity index (χ4v) is 3.19. The highest BCUT2D eigenvalue weighted by Gasteiger charge is 2.25. The molecule has 2 atom stereocenters. The van der Waals surface area contributed by atoms with E-state index in [0.717, 1.165) is 12.1 Å². The monoisotopic (exact) mass is 335 g/mol. The van der Waals surface area contributed by atoms with E-state index in [1.165, 1.54) is 12.3 Å². The molecule has 1 aromatic carbocycles. The van der Waals surface area contributed by atoms with E-state index in [0.29, 0.717) is 6.42 Å². The van der Waals surface area contributed by atoms with Crippen molar-refractivity contribution < 1.29 is 17.6 Å². The fraction of sp³-hybridized carbons (Fsp3) is 0.455. The number of sulfonamides is 1. The van der Waals surface area contributed by atoms with Crippen LogP contribution in [0.15, 0.2) is 23.1 Å². The Hall–Kier alpha value is -1.52. The molecular weight excluding hydrogens is 318 g/mol. The standard InChI is InChI=1S/C11H17N3O5S2/c1-8(20(2)17)5-6-13-21(18,19)11-4-3-9(12)7-10(11)14(15)16/h3-4,7-8,13H,5-6,12H2,1-2H3. The predicted molar refractivity (Wildman–Crippen MR) is 80.8 cm³/mol. The summed E-state index contributed by atoms with van der Waals surface area (Å²) in [6.45, 7) is 1.78. The molecule has 1 aromatic rings. The molecule has 0 saturated heterocycles. The summed E-state index contributed by atoms with van der Waals surface area (Å²) >= 11 is 0. The summed E-state index contributed by atoms with van der Waals surface area (Å²) in [7, 11) is -5.08. The zero-order valence-electron chi connectivity index (χ0n) is 11.6. The number of hydrogen-bond donors (Lipinski definition) is 2. The van der Waals surface area contributed by atoms with Crippen LogP contribution in [0.2, 0.25) is 0 Å². The predicted octanol–water partition coefficient (Wildman–Crippen LogP) is 0.612. The van der Waals surface area contributed by atoms with Crippen LogP contribution >= 0.6 is 0 Å². The van der Waals surface area contributed by atoms with Crippen LogP contribution in [0.1, 0.15) is 13.3 Å². The third kappa shape index (κ3) is 4.76. The highest BCUT2D eigenvalue weighted by Crippen LogP contribution is 2.25. The lowest BCUT2D eigenvalue weighted by atomic mass is 10.3. The molecule has 8 nitrogen and oxygen atoms in total. The summed E-state index contributed by atoms with van der Waals surface area (Å²) in [5.41, 5.74) is 4.96. The number of rotatable bonds is 7. The van der Waals surface area contributed by atoms with Gasteiger partial charge in [-0.05, 0) is 18.6 Å². The van der Waals surface area contributed by atoms with Gasteiger partial charge in [-0.15, -0.1) is 0 Å². The molecule has 0 spiro atoms. The minimum absolute atomic E-state index is 0.0462. The maximum Gasteiger partial charge on any atom is 0.291 e. The van der Waals surface area contributed by atoms with Crippen LogP contribution in [0.25, 0.3) is 0 Å². The van der Waals surface area contributed by atoms with Gasteiger partial charge < -0.3 is 5.73 Å². The zero-order chi connectivity index (χ0) is 16.2. The van der Waals surface area contributed by atoms with Crippen LogP contribution in [0.5, 0.6) is 0 Å². The van der Waals surface area contributed by atoms with Gasteiger partial charge in [-0.2, -0.15) is 0 Å². The van der Waals surface area contributed by atoms with Crippen molar-refractivity contribution in [3.8, 4) is 0 Å². The fourth-order valence-electron chi connectivity index (χ4n) is 1.54. The Balaban J connectivity index is 2.93. The smallest absolute Gasteiger partial charge is 0.291 e. The minimum Gasteiger partial charge on any atom is -0.399 e. The number of nitro groups is 1. The van der Waals surface area contributed by atoms with Crippen molar-refractivity contribution in [1.82, 2.24) is 4.72 Å². The van der Waals surface area contributed by atoms with Gasteiger partial charge >= 0.3 is 0 Å². The van der Waals surface area contributed by atoms with Gasteiger partial charge in [0.2, 0.25) is 10.0 Å². The first-order valence-electron chi connectivity index (χ1n) is 6.01. The molecule has 0 fully saturated rings. The van der Waals surface area contributed by atoms with Gasteiger partial charge in [-0.1, -0.05) is 6.92 Å². The minimum atomic E-state index is -4.02. The second-order valence-corrected chi connectivity index (χ2v) is 8.02.